The summed E-state index contributed by atoms with van der Waals surface area (Å²) in [7, 11) is 1.57. The van der Waals surface area contributed by atoms with Crippen LogP contribution in [-0.4, -0.2) is 22.1 Å². The van der Waals surface area contributed by atoms with Gasteiger partial charge in [0, 0.05) is 31.2 Å². The molecule has 0 saturated carbocycles. The predicted molar refractivity (Wildman–Crippen MR) is 93.5 cm³/mol. The second kappa shape index (κ2) is 6.76. The lowest BCUT2D eigenvalue weighted by Crippen LogP contribution is -2.14. The van der Waals surface area contributed by atoms with Crippen LogP contribution in [0.1, 0.15) is 16.8 Å². The molecule has 126 valence electrons. The van der Waals surface area contributed by atoms with Crippen molar-refractivity contribution in [2.45, 2.75) is 19.7 Å². The van der Waals surface area contributed by atoms with E-state index in [4.69, 9.17) is 9.47 Å². The first-order valence-corrected chi connectivity index (χ1v) is 8.06. The molecule has 0 N–H and O–H groups in total. The minimum absolute atomic E-state index is 0.379. The van der Waals surface area contributed by atoms with Gasteiger partial charge in [-0.25, -0.2) is 4.98 Å². The van der Waals surface area contributed by atoms with Gasteiger partial charge in [0.25, 0.3) is 0 Å². The fourth-order valence-corrected chi connectivity index (χ4v) is 2.88. The molecule has 1 aromatic carbocycles. The van der Waals surface area contributed by atoms with Crippen LogP contribution in [0.15, 0.2) is 55.1 Å². The van der Waals surface area contributed by atoms with E-state index in [1.807, 2.05) is 30.6 Å². The standard InChI is InChI=1S/C19H18N4O2/c1-24-19-10-21-16(9-22-19)13-25-18-3-2-14-11-23(12-15(14)8-18)17-4-6-20-7-5-17/h2-10H,11-13H2,1H3. The molecule has 6 heteroatoms. The molecule has 1 aliphatic heterocycles. The van der Waals surface area contributed by atoms with E-state index in [0.29, 0.717) is 12.5 Å². The molecule has 0 amide bonds. The van der Waals surface area contributed by atoms with Crippen LogP contribution in [0.3, 0.4) is 0 Å². The highest BCUT2D eigenvalue weighted by atomic mass is 16.5. The maximum absolute atomic E-state index is 5.86. The minimum atomic E-state index is 0.379. The first kappa shape index (κ1) is 15.4. The Bertz CT molecular complexity index is 853. The van der Waals surface area contributed by atoms with Crippen molar-refractivity contribution in [2.75, 3.05) is 12.0 Å². The van der Waals surface area contributed by atoms with Crippen LogP contribution in [0, 0.1) is 0 Å². The summed E-state index contributed by atoms with van der Waals surface area (Å²) in [6, 6.07) is 10.3. The van der Waals surface area contributed by atoms with Crippen LogP contribution in [0.5, 0.6) is 11.6 Å². The van der Waals surface area contributed by atoms with Gasteiger partial charge in [-0.15, -0.1) is 0 Å². The summed E-state index contributed by atoms with van der Waals surface area (Å²) in [4.78, 5) is 14.8. The molecule has 3 heterocycles. The van der Waals surface area contributed by atoms with Crippen LogP contribution in [0.2, 0.25) is 0 Å². The van der Waals surface area contributed by atoms with E-state index in [1.54, 1.807) is 19.5 Å². The van der Waals surface area contributed by atoms with Crippen molar-refractivity contribution in [1.82, 2.24) is 15.0 Å². The number of pyridine rings is 1. The average molecular weight is 334 g/mol. The molecular formula is C19H18N4O2. The van der Waals surface area contributed by atoms with Gasteiger partial charge in [0.15, 0.2) is 0 Å². The fraction of sp³-hybridized carbons (Fsp3) is 0.211. The zero-order valence-corrected chi connectivity index (χ0v) is 13.9. The number of benzene rings is 1. The maximum Gasteiger partial charge on any atom is 0.231 e. The monoisotopic (exact) mass is 334 g/mol. The molecule has 0 bridgehead atoms. The Labute approximate surface area is 146 Å². The predicted octanol–water partition coefficient (Wildman–Crippen LogP) is 2.98. The zero-order valence-electron chi connectivity index (χ0n) is 13.9. The lowest BCUT2D eigenvalue weighted by molar-refractivity contribution is 0.299. The molecule has 25 heavy (non-hydrogen) atoms. The Morgan fingerprint density at radius 1 is 1.00 bits per heavy atom. The molecule has 0 aliphatic carbocycles. The fourth-order valence-electron chi connectivity index (χ4n) is 2.88. The normalized spacial score (nSPS) is 12.8. The molecule has 0 fully saturated rings. The van der Waals surface area contributed by atoms with Gasteiger partial charge in [-0.3, -0.25) is 9.97 Å². The van der Waals surface area contributed by atoms with Crippen molar-refractivity contribution in [2.24, 2.45) is 0 Å². The largest absolute Gasteiger partial charge is 0.487 e. The van der Waals surface area contributed by atoms with Gasteiger partial charge < -0.3 is 14.4 Å². The van der Waals surface area contributed by atoms with E-state index in [-0.39, 0.29) is 0 Å². The molecule has 3 aromatic rings. The molecule has 4 rings (SSSR count). The SMILES string of the molecule is COc1cnc(COc2ccc3c(c2)CN(c2ccncc2)C3)cn1. The summed E-state index contributed by atoms with van der Waals surface area (Å²) in [6.07, 6.45) is 6.90. The Morgan fingerprint density at radius 3 is 2.60 bits per heavy atom. The lowest BCUT2D eigenvalue weighted by atomic mass is 10.1. The topological polar surface area (TPSA) is 60.4 Å². The highest BCUT2D eigenvalue weighted by Crippen LogP contribution is 2.30. The number of methoxy groups -OCH3 is 1. The van der Waals surface area contributed by atoms with Gasteiger partial charge in [0.2, 0.25) is 5.88 Å². The minimum Gasteiger partial charge on any atom is -0.487 e. The average Bonchev–Trinajstić information content (AvgIpc) is 3.11. The van der Waals surface area contributed by atoms with Crippen LogP contribution < -0.4 is 14.4 Å². The summed E-state index contributed by atoms with van der Waals surface area (Å²) >= 11 is 0. The van der Waals surface area contributed by atoms with Crippen molar-refractivity contribution >= 4 is 5.69 Å². The molecule has 0 spiro atoms. The third kappa shape index (κ3) is 3.38. The van der Waals surface area contributed by atoms with Crippen molar-refractivity contribution in [3.8, 4) is 11.6 Å². The van der Waals surface area contributed by atoms with Gasteiger partial charge in [0.05, 0.1) is 25.2 Å². The summed E-state index contributed by atoms with van der Waals surface area (Å²) in [5.74, 6) is 1.34. The van der Waals surface area contributed by atoms with E-state index in [2.05, 4.69) is 32.0 Å². The number of hydrogen-bond donors (Lipinski definition) is 0. The number of anilines is 1. The van der Waals surface area contributed by atoms with Crippen LogP contribution >= 0.6 is 0 Å². The Kier molecular flexibility index (Phi) is 4.16. The summed E-state index contributed by atoms with van der Waals surface area (Å²) in [6.45, 7) is 2.16. The maximum atomic E-state index is 5.86. The lowest BCUT2D eigenvalue weighted by Gasteiger charge is -2.16. The van der Waals surface area contributed by atoms with Crippen molar-refractivity contribution in [1.29, 1.82) is 0 Å². The van der Waals surface area contributed by atoms with Crippen LogP contribution in [-0.2, 0) is 19.7 Å². The van der Waals surface area contributed by atoms with Crippen LogP contribution in [0.4, 0.5) is 5.69 Å². The van der Waals surface area contributed by atoms with E-state index < -0.39 is 0 Å². The Hall–Kier alpha value is -3.15. The van der Waals surface area contributed by atoms with E-state index in [1.165, 1.54) is 16.8 Å². The van der Waals surface area contributed by atoms with Gasteiger partial charge in [-0.2, -0.15) is 0 Å². The molecular weight excluding hydrogens is 316 g/mol. The molecule has 1 aliphatic rings. The van der Waals surface area contributed by atoms with Gasteiger partial charge in [0.1, 0.15) is 12.4 Å². The third-order valence-electron chi connectivity index (χ3n) is 4.21. The summed E-state index contributed by atoms with van der Waals surface area (Å²) in [5, 5.41) is 0. The molecule has 0 atom stereocenters. The quantitative estimate of drug-likeness (QED) is 0.715. The van der Waals surface area contributed by atoms with E-state index >= 15 is 0 Å². The Morgan fingerprint density at radius 2 is 1.84 bits per heavy atom. The number of hydrogen-bond acceptors (Lipinski definition) is 6. The van der Waals surface area contributed by atoms with E-state index in [9.17, 15) is 0 Å². The van der Waals surface area contributed by atoms with E-state index in [0.717, 1.165) is 24.5 Å². The molecule has 6 nitrogen and oxygen atoms in total. The number of ether oxygens (including phenoxy) is 2. The van der Waals surface area contributed by atoms with Crippen molar-refractivity contribution in [3.63, 3.8) is 0 Å². The molecule has 0 saturated heterocycles. The van der Waals surface area contributed by atoms with Gasteiger partial charge in [-0.1, -0.05) is 6.07 Å². The van der Waals surface area contributed by atoms with Crippen molar-refractivity contribution < 1.29 is 9.47 Å². The first-order chi connectivity index (χ1) is 12.3. The number of rotatable bonds is 5. The highest BCUT2D eigenvalue weighted by Gasteiger charge is 2.19. The third-order valence-corrected chi connectivity index (χ3v) is 4.21. The first-order valence-electron chi connectivity index (χ1n) is 8.06. The summed E-state index contributed by atoms with van der Waals surface area (Å²) < 4.78 is 10.9. The molecule has 0 radical (unpaired) electrons. The highest BCUT2D eigenvalue weighted by molar-refractivity contribution is 5.52. The van der Waals surface area contributed by atoms with Crippen LogP contribution in [0.25, 0.3) is 0 Å². The second-order valence-corrected chi connectivity index (χ2v) is 5.83. The van der Waals surface area contributed by atoms with Gasteiger partial charge >= 0.3 is 0 Å². The number of nitrogens with zero attached hydrogens (tertiary/aromatic N) is 4. The number of aromatic nitrogens is 3. The zero-order chi connectivity index (χ0) is 17.1. The van der Waals surface area contributed by atoms with Gasteiger partial charge in [-0.05, 0) is 35.4 Å². The van der Waals surface area contributed by atoms with Crippen molar-refractivity contribution in [3.05, 3.63) is 71.9 Å². The second-order valence-electron chi connectivity index (χ2n) is 5.83. The summed E-state index contributed by atoms with van der Waals surface area (Å²) in [5.41, 5.74) is 4.56. The number of fused-ring (bicyclic) bond motifs is 1. The Balaban J connectivity index is 1.42. The molecule has 0 unspecified atom stereocenters. The molecule has 2 aromatic heterocycles. The smallest absolute Gasteiger partial charge is 0.231 e.